The van der Waals surface area contributed by atoms with Crippen molar-refractivity contribution in [2.45, 2.75) is 64.0 Å². The van der Waals surface area contributed by atoms with Crippen LogP contribution in [0.25, 0.3) is 0 Å². The van der Waals surface area contributed by atoms with Gasteiger partial charge in [0.25, 0.3) is 0 Å². The molecule has 0 heterocycles. The van der Waals surface area contributed by atoms with E-state index in [4.69, 9.17) is 0 Å². The van der Waals surface area contributed by atoms with E-state index in [-0.39, 0.29) is 0 Å². The van der Waals surface area contributed by atoms with Crippen molar-refractivity contribution in [3.05, 3.63) is 0 Å². The van der Waals surface area contributed by atoms with Crippen LogP contribution >= 0.6 is 0 Å². The molecule has 2 rings (SSSR count). The molecule has 0 radical (unpaired) electrons. The van der Waals surface area contributed by atoms with E-state index in [9.17, 15) is 0 Å². The van der Waals surface area contributed by atoms with Gasteiger partial charge in [0.1, 0.15) is 0 Å². The number of nitrogens with one attached hydrogen (secondary N) is 1. The molecule has 0 aliphatic heterocycles. The largest absolute Gasteiger partial charge is 0.311 e. The summed E-state index contributed by atoms with van der Waals surface area (Å²) in [5, 5.41) is 3.72. The molecule has 2 aliphatic carbocycles. The summed E-state index contributed by atoms with van der Waals surface area (Å²) < 4.78 is 0. The fourth-order valence-corrected chi connectivity index (χ4v) is 2.39. The fourth-order valence-electron chi connectivity index (χ4n) is 2.39. The van der Waals surface area contributed by atoms with Crippen molar-refractivity contribution in [3.63, 3.8) is 0 Å². The Morgan fingerprint density at radius 2 is 1.67 bits per heavy atom. The molecule has 2 fully saturated rings. The van der Waals surface area contributed by atoms with E-state index < -0.39 is 0 Å². The molecule has 1 atom stereocenters. The predicted octanol–water partition coefficient (Wildman–Crippen LogP) is 2.71. The highest BCUT2D eigenvalue weighted by molar-refractivity contribution is 4.86. The number of rotatable bonds is 3. The van der Waals surface area contributed by atoms with Crippen molar-refractivity contribution in [3.8, 4) is 0 Å². The smallest absolute Gasteiger partial charge is 0.00708 e. The fraction of sp³-hybridized carbons (Fsp3) is 1.00. The van der Waals surface area contributed by atoms with Crippen LogP contribution in [-0.4, -0.2) is 12.1 Å². The first-order valence-corrected chi connectivity index (χ1v) is 5.62. The molecule has 0 spiro atoms. The minimum Gasteiger partial charge on any atom is -0.311 e. The zero-order chi connectivity index (χ0) is 8.39. The maximum absolute atomic E-state index is 3.72. The van der Waals surface area contributed by atoms with Gasteiger partial charge in [-0.3, -0.25) is 0 Å². The van der Waals surface area contributed by atoms with Crippen LogP contribution in [0.2, 0.25) is 0 Å². The molecule has 1 heteroatoms. The van der Waals surface area contributed by atoms with Crippen LogP contribution in [-0.2, 0) is 0 Å². The van der Waals surface area contributed by atoms with Crippen LogP contribution in [0, 0.1) is 5.92 Å². The molecule has 0 aromatic rings. The second-order valence-corrected chi connectivity index (χ2v) is 4.63. The molecular formula is C11H21N. The molecule has 70 valence electrons. The summed E-state index contributed by atoms with van der Waals surface area (Å²) in [6.07, 6.45) is 10.2. The van der Waals surface area contributed by atoms with Crippen LogP contribution in [0.4, 0.5) is 0 Å². The second kappa shape index (κ2) is 3.78. The molecule has 0 aromatic heterocycles. The molecule has 0 aromatic carbocycles. The van der Waals surface area contributed by atoms with Crippen molar-refractivity contribution in [2.24, 2.45) is 5.92 Å². The second-order valence-electron chi connectivity index (χ2n) is 4.63. The Morgan fingerprint density at radius 3 is 2.25 bits per heavy atom. The quantitative estimate of drug-likeness (QED) is 0.681. The number of hydrogen-bond donors (Lipinski definition) is 1. The van der Waals surface area contributed by atoms with E-state index in [0.29, 0.717) is 0 Å². The van der Waals surface area contributed by atoms with Gasteiger partial charge in [0.05, 0.1) is 0 Å². The molecule has 1 unspecified atom stereocenters. The molecule has 12 heavy (non-hydrogen) atoms. The summed E-state index contributed by atoms with van der Waals surface area (Å²) in [5.74, 6) is 0.986. The maximum Gasteiger partial charge on any atom is 0.00708 e. The first-order chi connectivity index (χ1) is 5.86. The average molecular weight is 167 g/mol. The van der Waals surface area contributed by atoms with Crippen molar-refractivity contribution in [1.29, 1.82) is 0 Å². The van der Waals surface area contributed by atoms with E-state index in [1.165, 1.54) is 44.9 Å². The zero-order valence-corrected chi connectivity index (χ0v) is 8.18. The predicted molar refractivity (Wildman–Crippen MR) is 52.2 cm³/mol. The Hall–Kier alpha value is -0.0400. The highest BCUT2D eigenvalue weighted by Gasteiger charge is 2.27. The highest BCUT2D eigenvalue weighted by Crippen LogP contribution is 2.28. The highest BCUT2D eigenvalue weighted by atomic mass is 15.0. The first kappa shape index (κ1) is 8.55. The summed E-state index contributed by atoms with van der Waals surface area (Å²) in [5.41, 5.74) is 0. The Kier molecular flexibility index (Phi) is 2.69. The van der Waals surface area contributed by atoms with Gasteiger partial charge < -0.3 is 5.32 Å². The van der Waals surface area contributed by atoms with Crippen LogP contribution in [0.3, 0.4) is 0 Å². The minimum atomic E-state index is 0.790. The Morgan fingerprint density at radius 1 is 1.00 bits per heavy atom. The van der Waals surface area contributed by atoms with Crippen LogP contribution in [0.5, 0.6) is 0 Å². The van der Waals surface area contributed by atoms with E-state index in [1.807, 2.05) is 0 Å². The lowest BCUT2D eigenvalue weighted by atomic mass is 9.84. The van der Waals surface area contributed by atoms with Crippen LogP contribution in [0.1, 0.15) is 51.9 Å². The summed E-state index contributed by atoms with van der Waals surface area (Å²) in [7, 11) is 0. The first-order valence-electron chi connectivity index (χ1n) is 5.62. The van der Waals surface area contributed by atoms with Crippen molar-refractivity contribution >= 4 is 0 Å². The molecule has 2 saturated carbocycles. The Labute approximate surface area is 75.9 Å². The van der Waals surface area contributed by atoms with E-state index >= 15 is 0 Å². The molecule has 0 bridgehead atoms. The van der Waals surface area contributed by atoms with Gasteiger partial charge in [-0.05, 0) is 38.5 Å². The molecule has 1 N–H and O–H groups in total. The Bertz CT molecular complexity index is 134. The standard InChI is InChI=1S/C11H21N/c1-9(12-11-7-8-11)10-5-3-2-4-6-10/h9-12H,2-8H2,1H3. The van der Waals surface area contributed by atoms with E-state index in [2.05, 4.69) is 12.2 Å². The van der Waals surface area contributed by atoms with E-state index in [1.54, 1.807) is 0 Å². The summed E-state index contributed by atoms with van der Waals surface area (Å²) in [6.45, 7) is 2.38. The summed E-state index contributed by atoms with van der Waals surface area (Å²) in [4.78, 5) is 0. The van der Waals surface area contributed by atoms with Gasteiger partial charge in [-0.25, -0.2) is 0 Å². The maximum atomic E-state index is 3.72. The van der Waals surface area contributed by atoms with Crippen molar-refractivity contribution in [2.75, 3.05) is 0 Å². The molecule has 2 aliphatic rings. The van der Waals surface area contributed by atoms with Gasteiger partial charge in [0, 0.05) is 12.1 Å². The van der Waals surface area contributed by atoms with Gasteiger partial charge in [0.2, 0.25) is 0 Å². The van der Waals surface area contributed by atoms with Crippen LogP contribution in [0.15, 0.2) is 0 Å². The topological polar surface area (TPSA) is 12.0 Å². The lowest BCUT2D eigenvalue weighted by molar-refractivity contribution is 0.280. The monoisotopic (exact) mass is 167 g/mol. The minimum absolute atomic E-state index is 0.790. The number of hydrogen-bond acceptors (Lipinski definition) is 1. The Balaban J connectivity index is 1.72. The van der Waals surface area contributed by atoms with Gasteiger partial charge in [-0.15, -0.1) is 0 Å². The van der Waals surface area contributed by atoms with Gasteiger partial charge in [-0.2, -0.15) is 0 Å². The zero-order valence-electron chi connectivity index (χ0n) is 8.18. The molecule has 0 amide bonds. The normalized spacial score (nSPS) is 28.8. The molecule has 0 saturated heterocycles. The molecule has 1 nitrogen and oxygen atoms in total. The van der Waals surface area contributed by atoms with Crippen molar-refractivity contribution in [1.82, 2.24) is 5.32 Å². The van der Waals surface area contributed by atoms with Crippen molar-refractivity contribution < 1.29 is 0 Å². The van der Waals surface area contributed by atoms with Crippen LogP contribution < -0.4 is 5.32 Å². The lowest BCUT2D eigenvalue weighted by Crippen LogP contribution is -2.35. The SMILES string of the molecule is CC(NC1CC1)C1CCCCC1. The summed E-state index contributed by atoms with van der Waals surface area (Å²) in [6, 6.07) is 1.68. The van der Waals surface area contributed by atoms with Gasteiger partial charge in [-0.1, -0.05) is 19.3 Å². The van der Waals surface area contributed by atoms with E-state index in [0.717, 1.165) is 18.0 Å². The average Bonchev–Trinajstić information content (AvgIpc) is 2.90. The third-order valence-corrected chi connectivity index (χ3v) is 3.43. The third kappa shape index (κ3) is 2.22. The third-order valence-electron chi connectivity index (χ3n) is 3.43. The lowest BCUT2D eigenvalue weighted by Gasteiger charge is -2.28. The molecular weight excluding hydrogens is 146 g/mol. The van der Waals surface area contributed by atoms with Gasteiger partial charge in [0.15, 0.2) is 0 Å². The summed E-state index contributed by atoms with van der Waals surface area (Å²) >= 11 is 0. The van der Waals surface area contributed by atoms with Gasteiger partial charge >= 0.3 is 0 Å².